The minimum atomic E-state index is -3.70. The molecule has 2 aromatic rings. The Hall–Kier alpha value is -1.77. The molecule has 0 radical (unpaired) electrons. The van der Waals surface area contributed by atoms with Crippen molar-refractivity contribution >= 4 is 27.3 Å². The highest BCUT2D eigenvalue weighted by molar-refractivity contribution is 7.91. The first-order valence-electron chi connectivity index (χ1n) is 5.72. The van der Waals surface area contributed by atoms with Gasteiger partial charge < -0.3 is 5.32 Å². The average molecular weight is 311 g/mol. The smallest absolute Gasteiger partial charge is 0.270 e. The van der Waals surface area contributed by atoms with E-state index in [0.29, 0.717) is 10.6 Å². The molecule has 0 saturated heterocycles. The lowest BCUT2D eigenvalue weighted by Crippen LogP contribution is -2.26. The van der Waals surface area contributed by atoms with Gasteiger partial charge in [0.15, 0.2) is 0 Å². The number of sulfonamides is 1. The van der Waals surface area contributed by atoms with Crippen molar-refractivity contribution in [3.05, 3.63) is 47.1 Å². The quantitative estimate of drug-likeness (QED) is 0.888. The first-order chi connectivity index (χ1) is 9.38. The number of aromatic nitrogens is 1. The molecule has 8 heteroatoms. The zero-order valence-electron chi connectivity index (χ0n) is 10.6. The highest BCUT2D eigenvalue weighted by Gasteiger charge is 2.17. The van der Waals surface area contributed by atoms with Gasteiger partial charge in [0.1, 0.15) is 9.90 Å². The number of nitrogens with one attached hydrogen (secondary N) is 1. The summed E-state index contributed by atoms with van der Waals surface area (Å²) in [5.74, 6) is -0.316. The molecular formula is C12H13N3O3S2. The molecule has 0 aliphatic heterocycles. The number of hydrogen-bond acceptors (Lipinski definition) is 5. The molecule has 0 bridgehead atoms. The molecule has 20 heavy (non-hydrogen) atoms. The van der Waals surface area contributed by atoms with Gasteiger partial charge in [-0.3, -0.25) is 9.78 Å². The third-order valence-electron chi connectivity index (χ3n) is 2.55. The minimum Gasteiger partial charge on any atom is -0.343 e. The van der Waals surface area contributed by atoms with E-state index in [9.17, 15) is 13.2 Å². The third kappa shape index (κ3) is 3.41. The second kappa shape index (κ2) is 5.70. The lowest BCUT2D eigenvalue weighted by atomic mass is 10.2. The van der Waals surface area contributed by atoms with Crippen LogP contribution in [0, 0.1) is 0 Å². The topological polar surface area (TPSA) is 102 Å². The molecule has 0 saturated carbocycles. The van der Waals surface area contributed by atoms with Crippen molar-refractivity contribution < 1.29 is 13.2 Å². The molecule has 1 amide bonds. The molecule has 0 aromatic carbocycles. The number of carbonyl (C=O) groups excluding carboxylic acids is 1. The Kier molecular flexibility index (Phi) is 4.17. The van der Waals surface area contributed by atoms with Gasteiger partial charge in [0.25, 0.3) is 5.91 Å². The van der Waals surface area contributed by atoms with Gasteiger partial charge in [-0.15, -0.1) is 11.3 Å². The lowest BCUT2D eigenvalue weighted by Gasteiger charge is -2.11. The summed E-state index contributed by atoms with van der Waals surface area (Å²) in [6, 6.07) is 7.78. The van der Waals surface area contributed by atoms with E-state index in [1.54, 1.807) is 31.2 Å². The number of thiophene rings is 1. The molecule has 2 heterocycles. The number of nitrogens with two attached hydrogens (primary N) is 1. The van der Waals surface area contributed by atoms with Gasteiger partial charge in [0.05, 0.1) is 6.04 Å². The summed E-state index contributed by atoms with van der Waals surface area (Å²) in [6.07, 6.45) is 1.53. The standard InChI is InChI=1S/C12H13N3O3S2/c1-8(10-5-6-11(19-10)20(13,17)18)15-12(16)9-4-2-3-7-14-9/h2-8H,1H3,(H,15,16)(H2,13,17,18). The van der Waals surface area contributed by atoms with Crippen molar-refractivity contribution in [3.8, 4) is 0 Å². The largest absolute Gasteiger partial charge is 0.343 e. The first-order valence-corrected chi connectivity index (χ1v) is 8.08. The number of carbonyl (C=O) groups is 1. The van der Waals surface area contributed by atoms with E-state index in [2.05, 4.69) is 10.3 Å². The van der Waals surface area contributed by atoms with Crippen LogP contribution in [0.5, 0.6) is 0 Å². The zero-order chi connectivity index (χ0) is 14.8. The van der Waals surface area contributed by atoms with Crippen molar-refractivity contribution in [2.24, 2.45) is 5.14 Å². The monoisotopic (exact) mass is 311 g/mol. The minimum absolute atomic E-state index is 0.0754. The molecule has 2 rings (SSSR count). The predicted molar refractivity (Wildman–Crippen MR) is 75.8 cm³/mol. The Labute approximate surface area is 120 Å². The van der Waals surface area contributed by atoms with Gasteiger partial charge in [-0.1, -0.05) is 6.07 Å². The molecule has 1 unspecified atom stereocenters. The molecule has 0 fully saturated rings. The predicted octanol–water partition coefficient (Wildman–Crippen LogP) is 1.28. The van der Waals surface area contributed by atoms with Crippen LogP contribution in [0.4, 0.5) is 0 Å². The van der Waals surface area contributed by atoms with E-state index in [4.69, 9.17) is 5.14 Å². The van der Waals surface area contributed by atoms with E-state index in [0.717, 1.165) is 11.3 Å². The zero-order valence-corrected chi connectivity index (χ0v) is 12.2. The van der Waals surface area contributed by atoms with E-state index in [1.807, 2.05) is 0 Å². The molecule has 0 spiro atoms. The van der Waals surface area contributed by atoms with Crippen LogP contribution < -0.4 is 10.5 Å². The number of rotatable bonds is 4. The fourth-order valence-electron chi connectivity index (χ4n) is 1.56. The maximum atomic E-state index is 11.9. The maximum Gasteiger partial charge on any atom is 0.270 e. The molecule has 3 N–H and O–H groups in total. The summed E-state index contributed by atoms with van der Waals surface area (Å²) in [6.45, 7) is 1.76. The number of nitrogens with zero attached hydrogens (tertiary/aromatic N) is 1. The molecule has 1 atom stereocenters. The van der Waals surface area contributed by atoms with Gasteiger partial charge in [-0.2, -0.15) is 0 Å². The Bertz CT molecular complexity index is 711. The molecule has 0 aliphatic rings. The van der Waals surface area contributed by atoms with Crippen molar-refractivity contribution in [3.63, 3.8) is 0 Å². The van der Waals surface area contributed by atoms with E-state index in [1.165, 1.54) is 12.3 Å². The van der Waals surface area contributed by atoms with Gasteiger partial charge in [-0.25, -0.2) is 13.6 Å². The molecule has 106 valence electrons. The van der Waals surface area contributed by atoms with Crippen molar-refractivity contribution in [1.29, 1.82) is 0 Å². The number of pyridine rings is 1. The van der Waals surface area contributed by atoms with Crippen LogP contribution in [-0.4, -0.2) is 19.3 Å². The van der Waals surface area contributed by atoms with Gasteiger partial charge >= 0.3 is 0 Å². The van der Waals surface area contributed by atoms with Crippen LogP contribution in [-0.2, 0) is 10.0 Å². The van der Waals surface area contributed by atoms with Crippen molar-refractivity contribution in [1.82, 2.24) is 10.3 Å². The van der Waals surface area contributed by atoms with Crippen molar-refractivity contribution in [2.75, 3.05) is 0 Å². The van der Waals surface area contributed by atoms with Crippen LogP contribution in [0.1, 0.15) is 28.3 Å². The molecule has 6 nitrogen and oxygen atoms in total. The summed E-state index contributed by atoms with van der Waals surface area (Å²) in [5, 5.41) is 7.80. The summed E-state index contributed by atoms with van der Waals surface area (Å²) in [4.78, 5) is 16.6. The highest BCUT2D eigenvalue weighted by atomic mass is 32.2. The fourth-order valence-corrected chi connectivity index (χ4v) is 3.31. The normalized spacial score (nSPS) is 12.9. The van der Waals surface area contributed by atoms with Gasteiger partial charge in [0, 0.05) is 11.1 Å². The van der Waals surface area contributed by atoms with Crippen molar-refractivity contribution in [2.45, 2.75) is 17.2 Å². The molecule has 2 aromatic heterocycles. The number of primary sulfonamides is 1. The van der Waals surface area contributed by atoms with Gasteiger partial charge in [-0.05, 0) is 31.2 Å². The Morgan fingerprint density at radius 2 is 2.10 bits per heavy atom. The van der Waals surface area contributed by atoms with E-state index >= 15 is 0 Å². The van der Waals surface area contributed by atoms with Crippen LogP contribution in [0.2, 0.25) is 0 Å². The van der Waals surface area contributed by atoms with Crippen LogP contribution >= 0.6 is 11.3 Å². The van der Waals surface area contributed by atoms with E-state index < -0.39 is 10.0 Å². The number of hydrogen-bond donors (Lipinski definition) is 2. The second-order valence-corrected chi connectivity index (χ2v) is 7.02. The number of amides is 1. The summed E-state index contributed by atoms with van der Waals surface area (Å²) in [5.41, 5.74) is 0.308. The lowest BCUT2D eigenvalue weighted by molar-refractivity contribution is 0.0935. The Morgan fingerprint density at radius 1 is 1.35 bits per heavy atom. The third-order valence-corrected chi connectivity index (χ3v) is 5.26. The van der Waals surface area contributed by atoms with E-state index in [-0.39, 0.29) is 16.2 Å². The Morgan fingerprint density at radius 3 is 2.65 bits per heavy atom. The van der Waals surface area contributed by atoms with Crippen LogP contribution in [0.15, 0.2) is 40.7 Å². The average Bonchev–Trinajstić information content (AvgIpc) is 2.89. The fraction of sp³-hybridized carbons (Fsp3) is 0.167. The van der Waals surface area contributed by atoms with Crippen LogP contribution in [0.25, 0.3) is 0 Å². The molecular weight excluding hydrogens is 298 g/mol. The molecule has 0 aliphatic carbocycles. The Balaban J connectivity index is 2.11. The SMILES string of the molecule is CC(NC(=O)c1ccccn1)c1ccc(S(N)(=O)=O)s1. The highest BCUT2D eigenvalue weighted by Crippen LogP contribution is 2.25. The summed E-state index contributed by atoms with van der Waals surface area (Å²) in [7, 11) is -3.70. The van der Waals surface area contributed by atoms with Crippen LogP contribution in [0.3, 0.4) is 0 Å². The summed E-state index contributed by atoms with van der Waals surface area (Å²) < 4.78 is 22.5. The first kappa shape index (κ1) is 14.6. The second-order valence-electron chi connectivity index (χ2n) is 4.11. The van der Waals surface area contributed by atoms with Gasteiger partial charge in [0.2, 0.25) is 10.0 Å². The maximum absolute atomic E-state index is 11.9. The summed E-state index contributed by atoms with van der Waals surface area (Å²) >= 11 is 1.04.